The minimum absolute atomic E-state index is 0.0741. The lowest BCUT2D eigenvalue weighted by atomic mass is 9.93. The quantitative estimate of drug-likeness (QED) is 0.445. The molecule has 2 bridgehead atoms. The summed E-state index contributed by atoms with van der Waals surface area (Å²) in [6.45, 7) is 0. The van der Waals surface area contributed by atoms with Gasteiger partial charge in [-0.05, 0) is 23.7 Å². The standard InChI is InChI=1S/C7H8O/c8-4-2-1-3-5-6(3)7(4)5/h1-8H/t3?,4-,5?,6?,7?/m1/s1. The van der Waals surface area contributed by atoms with E-state index in [1.54, 1.807) is 0 Å². The van der Waals surface area contributed by atoms with E-state index in [2.05, 4.69) is 6.08 Å². The van der Waals surface area contributed by atoms with Gasteiger partial charge in [0.1, 0.15) is 0 Å². The first-order valence-electron chi connectivity index (χ1n) is 3.26. The van der Waals surface area contributed by atoms with Crippen LogP contribution in [0, 0.1) is 23.7 Å². The Morgan fingerprint density at radius 2 is 1.75 bits per heavy atom. The Hall–Kier alpha value is -0.300. The van der Waals surface area contributed by atoms with Crippen molar-refractivity contribution in [2.75, 3.05) is 0 Å². The highest BCUT2D eigenvalue weighted by atomic mass is 16.3. The van der Waals surface area contributed by atoms with Gasteiger partial charge in [-0.15, -0.1) is 0 Å². The number of aliphatic hydroxyl groups excluding tert-OH is 1. The van der Waals surface area contributed by atoms with Gasteiger partial charge in [-0.2, -0.15) is 0 Å². The Balaban J connectivity index is 2.05. The van der Waals surface area contributed by atoms with Crippen molar-refractivity contribution < 1.29 is 5.11 Å². The van der Waals surface area contributed by atoms with E-state index in [4.69, 9.17) is 5.11 Å². The first-order chi connectivity index (χ1) is 3.89. The van der Waals surface area contributed by atoms with E-state index in [1.165, 1.54) is 0 Å². The smallest absolute Gasteiger partial charge is 0.0755 e. The van der Waals surface area contributed by atoms with Crippen LogP contribution in [0.15, 0.2) is 12.2 Å². The second-order valence-corrected chi connectivity index (χ2v) is 3.18. The molecule has 4 aliphatic rings. The summed E-state index contributed by atoms with van der Waals surface area (Å²) in [5.41, 5.74) is 0. The average Bonchev–Trinajstić information content (AvgIpc) is 2.48. The highest BCUT2D eigenvalue weighted by Gasteiger charge is 2.75. The van der Waals surface area contributed by atoms with Gasteiger partial charge >= 0.3 is 0 Å². The van der Waals surface area contributed by atoms with Crippen molar-refractivity contribution in [3.8, 4) is 0 Å². The van der Waals surface area contributed by atoms with Crippen LogP contribution in [0.1, 0.15) is 0 Å². The molecule has 3 atom stereocenters. The number of hydrogen-bond acceptors (Lipinski definition) is 1. The Kier molecular flexibility index (Phi) is 0.358. The molecule has 0 amide bonds. The Bertz CT molecular complexity index is 163. The summed E-state index contributed by atoms with van der Waals surface area (Å²) in [4.78, 5) is 0. The highest BCUT2D eigenvalue weighted by molar-refractivity contribution is 5.33. The third kappa shape index (κ3) is 0.206. The Morgan fingerprint density at radius 1 is 1.00 bits per heavy atom. The molecule has 0 aliphatic heterocycles. The van der Waals surface area contributed by atoms with Gasteiger partial charge in [0.15, 0.2) is 0 Å². The summed E-state index contributed by atoms with van der Waals surface area (Å²) in [6, 6.07) is 0. The average molecular weight is 108 g/mol. The first kappa shape index (κ1) is 3.67. The number of allylic oxidation sites excluding steroid dienone is 1. The van der Waals surface area contributed by atoms with Crippen LogP contribution in [0.5, 0.6) is 0 Å². The third-order valence-electron chi connectivity index (χ3n) is 2.87. The van der Waals surface area contributed by atoms with E-state index in [9.17, 15) is 0 Å². The molecule has 1 heteroatoms. The third-order valence-corrected chi connectivity index (χ3v) is 2.87. The monoisotopic (exact) mass is 108 g/mol. The molecule has 0 radical (unpaired) electrons. The summed E-state index contributed by atoms with van der Waals surface area (Å²) in [7, 11) is 0. The van der Waals surface area contributed by atoms with Gasteiger partial charge < -0.3 is 5.11 Å². The summed E-state index contributed by atoms with van der Waals surface area (Å²) in [5.74, 6) is 3.46. The second kappa shape index (κ2) is 0.781. The lowest BCUT2D eigenvalue weighted by molar-refractivity contribution is 0.157. The molecule has 42 valence electrons. The minimum atomic E-state index is -0.0741. The predicted molar refractivity (Wildman–Crippen MR) is 29.1 cm³/mol. The lowest BCUT2D eigenvalue weighted by Gasteiger charge is -2.17. The highest BCUT2D eigenvalue weighted by Crippen LogP contribution is 2.76. The summed E-state index contributed by atoms with van der Waals surface area (Å²) >= 11 is 0. The molecule has 0 aromatic carbocycles. The minimum Gasteiger partial charge on any atom is -0.389 e. The van der Waals surface area contributed by atoms with Gasteiger partial charge in [-0.1, -0.05) is 12.2 Å². The molecule has 2 unspecified atom stereocenters. The number of aliphatic hydroxyl groups is 1. The van der Waals surface area contributed by atoms with Crippen LogP contribution in [0.3, 0.4) is 0 Å². The molecule has 2 saturated carbocycles. The molecule has 0 aromatic heterocycles. The fourth-order valence-corrected chi connectivity index (χ4v) is 2.22. The molecule has 0 saturated heterocycles. The van der Waals surface area contributed by atoms with Crippen molar-refractivity contribution >= 4 is 0 Å². The van der Waals surface area contributed by atoms with Crippen molar-refractivity contribution in [1.29, 1.82) is 0 Å². The molecule has 4 rings (SSSR count). The molecule has 4 aliphatic carbocycles. The van der Waals surface area contributed by atoms with Crippen molar-refractivity contribution in [3.63, 3.8) is 0 Å². The molecular weight excluding hydrogens is 100 g/mol. The predicted octanol–water partition coefficient (Wildman–Crippen LogP) is 0.409. The Labute approximate surface area is 48.0 Å². The van der Waals surface area contributed by atoms with Crippen LogP contribution < -0.4 is 0 Å². The second-order valence-electron chi connectivity index (χ2n) is 3.18. The van der Waals surface area contributed by atoms with Crippen LogP contribution in [0.4, 0.5) is 0 Å². The first-order valence-corrected chi connectivity index (χ1v) is 3.26. The number of rotatable bonds is 0. The van der Waals surface area contributed by atoms with E-state index in [0.29, 0.717) is 5.92 Å². The summed E-state index contributed by atoms with van der Waals surface area (Å²) in [5, 5.41) is 9.15. The summed E-state index contributed by atoms with van der Waals surface area (Å²) in [6.07, 6.45) is 4.06. The van der Waals surface area contributed by atoms with Crippen LogP contribution in [0.25, 0.3) is 0 Å². The van der Waals surface area contributed by atoms with E-state index in [-0.39, 0.29) is 6.10 Å². The molecule has 1 N–H and O–H groups in total. The van der Waals surface area contributed by atoms with Crippen LogP contribution in [-0.4, -0.2) is 11.2 Å². The van der Waals surface area contributed by atoms with E-state index >= 15 is 0 Å². The van der Waals surface area contributed by atoms with Gasteiger partial charge in [0.2, 0.25) is 0 Å². The molecular formula is C7H8O. The Morgan fingerprint density at radius 3 is 2.12 bits per heavy atom. The molecule has 1 nitrogen and oxygen atoms in total. The maximum atomic E-state index is 9.15. The number of fused-ring (bicyclic) bond motifs is 1. The molecule has 2 fully saturated rings. The molecule has 0 spiro atoms. The molecule has 0 aromatic rings. The molecule has 0 heterocycles. The van der Waals surface area contributed by atoms with Crippen molar-refractivity contribution in [1.82, 2.24) is 0 Å². The normalized spacial score (nSPS) is 71.9. The van der Waals surface area contributed by atoms with Gasteiger partial charge in [0.25, 0.3) is 0 Å². The maximum Gasteiger partial charge on any atom is 0.0755 e. The fraction of sp³-hybridized carbons (Fsp3) is 0.714. The molecule has 8 heavy (non-hydrogen) atoms. The van der Waals surface area contributed by atoms with E-state index < -0.39 is 0 Å². The largest absolute Gasteiger partial charge is 0.389 e. The van der Waals surface area contributed by atoms with Crippen molar-refractivity contribution in [2.24, 2.45) is 23.7 Å². The van der Waals surface area contributed by atoms with Gasteiger partial charge in [-0.3, -0.25) is 0 Å². The van der Waals surface area contributed by atoms with Crippen LogP contribution >= 0.6 is 0 Å². The lowest BCUT2D eigenvalue weighted by Crippen LogP contribution is -2.19. The van der Waals surface area contributed by atoms with Gasteiger partial charge in [-0.25, -0.2) is 0 Å². The van der Waals surface area contributed by atoms with Gasteiger partial charge in [0, 0.05) is 0 Å². The van der Waals surface area contributed by atoms with Gasteiger partial charge in [0.05, 0.1) is 6.10 Å². The maximum absolute atomic E-state index is 9.15. The van der Waals surface area contributed by atoms with Crippen LogP contribution in [-0.2, 0) is 0 Å². The van der Waals surface area contributed by atoms with Crippen molar-refractivity contribution in [2.45, 2.75) is 6.10 Å². The van der Waals surface area contributed by atoms with E-state index in [1.807, 2.05) is 6.08 Å². The zero-order chi connectivity index (χ0) is 5.30. The van der Waals surface area contributed by atoms with Crippen molar-refractivity contribution in [3.05, 3.63) is 12.2 Å². The topological polar surface area (TPSA) is 20.2 Å². The fourth-order valence-electron chi connectivity index (χ4n) is 2.22. The summed E-state index contributed by atoms with van der Waals surface area (Å²) < 4.78 is 0. The zero-order valence-electron chi connectivity index (χ0n) is 4.49. The number of hydrogen-bond donors (Lipinski definition) is 1. The van der Waals surface area contributed by atoms with Crippen LogP contribution in [0.2, 0.25) is 0 Å². The van der Waals surface area contributed by atoms with E-state index in [0.717, 1.165) is 17.8 Å². The zero-order valence-corrected chi connectivity index (χ0v) is 4.49. The SMILES string of the molecule is O[C@@H]1C=CC2C3C2C31.